The first-order chi connectivity index (χ1) is 9.04. The third-order valence-corrected chi connectivity index (χ3v) is 2.95. The van der Waals surface area contributed by atoms with E-state index in [1.807, 2.05) is 24.3 Å². The number of carbonyl (C=O) groups is 1. The molecule has 0 spiro atoms. The third kappa shape index (κ3) is 5.24. The zero-order chi connectivity index (χ0) is 14.3. The van der Waals surface area contributed by atoms with Gasteiger partial charge < -0.3 is 10.2 Å². The van der Waals surface area contributed by atoms with Crippen LogP contribution in [-0.2, 0) is 11.3 Å². The van der Waals surface area contributed by atoms with E-state index in [9.17, 15) is 4.79 Å². The summed E-state index contributed by atoms with van der Waals surface area (Å²) < 4.78 is 0. The fourth-order valence-corrected chi connectivity index (χ4v) is 1.87. The Kier molecular flexibility index (Phi) is 6.25. The van der Waals surface area contributed by atoms with Gasteiger partial charge in [-0.15, -0.1) is 0 Å². The van der Waals surface area contributed by atoms with Crippen LogP contribution in [0.15, 0.2) is 30.3 Å². The van der Waals surface area contributed by atoms with Gasteiger partial charge in [0.25, 0.3) is 0 Å². The van der Waals surface area contributed by atoms with Crippen LogP contribution in [0.3, 0.4) is 0 Å². The van der Waals surface area contributed by atoms with Gasteiger partial charge in [0.2, 0.25) is 0 Å². The maximum absolute atomic E-state index is 10.6. The second-order valence-corrected chi connectivity index (χ2v) is 4.66. The molecule has 19 heavy (non-hydrogen) atoms. The van der Waals surface area contributed by atoms with Gasteiger partial charge in [0.1, 0.15) is 0 Å². The highest BCUT2D eigenvalue weighted by atomic mass is 16.4. The van der Waals surface area contributed by atoms with Crippen molar-refractivity contribution in [2.24, 2.45) is 0 Å². The summed E-state index contributed by atoms with van der Waals surface area (Å²) in [4.78, 5) is 12.7. The molecule has 0 bridgehead atoms. The Morgan fingerprint density at radius 3 is 2.63 bits per heavy atom. The molecule has 0 atom stereocenters. The summed E-state index contributed by atoms with van der Waals surface area (Å²) in [5, 5.41) is 17.8. The number of aliphatic carboxylic acids is 1. The lowest BCUT2D eigenvalue weighted by molar-refractivity contribution is -0.131. The molecule has 4 nitrogen and oxygen atoms in total. The highest BCUT2D eigenvalue weighted by Crippen LogP contribution is 2.15. The molecular formula is C15H21NO3. The third-order valence-electron chi connectivity index (χ3n) is 2.95. The smallest absolute Gasteiger partial charge is 0.328 e. The summed E-state index contributed by atoms with van der Waals surface area (Å²) in [6.07, 6.45) is 2.75. The maximum Gasteiger partial charge on any atom is 0.328 e. The van der Waals surface area contributed by atoms with E-state index in [1.54, 1.807) is 6.08 Å². The van der Waals surface area contributed by atoms with E-state index < -0.39 is 5.97 Å². The summed E-state index contributed by atoms with van der Waals surface area (Å²) >= 11 is 0. The van der Waals surface area contributed by atoms with Crippen LogP contribution < -0.4 is 0 Å². The molecule has 0 saturated carbocycles. The Hall–Kier alpha value is -1.65. The molecule has 0 amide bonds. The molecular weight excluding hydrogens is 242 g/mol. The van der Waals surface area contributed by atoms with Gasteiger partial charge in [-0.25, -0.2) is 4.79 Å². The van der Waals surface area contributed by atoms with E-state index >= 15 is 0 Å². The molecule has 0 aliphatic carbocycles. The van der Waals surface area contributed by atoms with Crippen LogP contribution in [0, 0.1) is 0 Å². The minimum Gasteiger partial charge on any atom is -0.478 e. The predicted molar refractivity (Wildman–Crippen MR) is 75.7 cm³/mol. The second kappa shape index (κ2) is 7.71. The van der Waals surface area contributed by atoms with E-state index in [0.29, 0.717) is 19.1 Å². The number of hydrogen-bond acceptors (Lipinski definition) is 3. The van der Waals surface area contributed by atoms with Crippen LogP contribution in [0.4, 0.5) is 0 Å². The van der Waals surface area contributed by atoms with E-state index in [4.69, 9.17) is 10.2 Å². The lowest BCUT2D eigenvalue weighted by Crippen LogP contribution is -2.33. The van der Waals surface area contributed by atoms with Crippen LogP contribution in [0.2, 0.25) is 0 Å². The molecule has 1 aromatic carbocycles. The Morgan fingerprint density at radius 1 is 1.37 bits per heavy atom. The molecule has 0 unspecified atom stereocenters. The zero-order valence-corrected chi connectivity index (χ0v) is 11.4. The van der Waals surface area contributed by atoms with E-state index in [0.717, 1.165) is 17.2 Å². The summed E-state index contributed by atoms with van der Waals surface area (Å²) in [5.41, 5.74) is 1.95. The van der Waals surface area contributed by atoms with Gasteiger partial charge in [-0.2, -0.15) is 0 Å². The highest BCUT2D eigenvalue weighted by Gasteiger charge is 2.10. The van der Waals surface area contributed by atoms with Crippen molar-refractivity contribution in [2.75, 3.05) is 13.2 Å². The first-order valence-electron chi connectivity index (χ1n) is 6.38. The second-order valence-electron chi connectivity index (χ2n) is 4.66. The maximum atomic E-state index is 10.6. The number of rotatable bonds is 7. The highest BCUT2D eigenvalue weighted by molar-refractivity contribution is 5.85. The fourth-order valence-electron chi connectivity index (χ4n) is 1.87. The monoisotopic (exact) mass is 263 g/mol. The first-order valence-corrected chi connectivity index (χ1v) is 6.38. The fraction of sp³-hybridized carbons (Fsp3) is 0.400. The molecule has 0 heterocycles. The average molecular weight is 263 g/mol. The molecule has 2 N–H and O–H groups in total. The predicted octanol–water partition coefficient (Wildman–Crippen LogP) is 1.99. The van der Waals surface area contributed by atoms with Crippen LogP contribution >= 0.6 is 0 Å². The summed E-state index contributed by atoms with van der Waals surface area (Å²) in [6, 6.07) is 8.02. The van der Waals surface area contributed by atoms with E-state index in [2.05, 4.69) is 18.7 Å². The van der Waals surface area contributed by atoms with Crippen LogP contribution in [0.5, 0.6) is 0 Å². The molecule has 4 heteroatoms. The topological polar surface area (TPSA) is 60.8 Å². The summed E-state index contributed by atoms with van der Waals surface area (Å²) in [6.45, 7) is 5.56. The SMILES string of the molecule is CC(C)N(CCO)Cc1ccccc1/C=C/C(=O)O. The van der Waals surface area contributed by atoms with Crippen LogP contribution in [-0.4, -0.2) is 40.3 Å². The molecule has 0 radical (unpaired) electrons. The van der Waals surface area contributed by atoms with Gasteiger partial charge in [0.05, 0.1) is 6.61 Å². The molecule has 1 rings (SSSR count). The van der Waals surface area contributed by atoms with Gasteiger partial charge >= 0.3 is 5.97 Å². The number of carboxylic acids is 1. The largest absolute Gasteiger partial charge is 0.478 e. The Balaban J connectivity index is 2.90. The normalized spacial score (nSPS) is 11.6. The molecule has 0 aromatic heterocycles. The lowest BCUT2D eigenvalue weighted by atomic mass is 10.1. The number of aliphatic hydroxyl groups is 1. The van der Waals surface area contributed by atoms with Crippen molar-refractivity contribution in [3.63, 3.8) is 0 Å². The standard InChI is InChI=1S/C15H21NO3/c1-12(2)16(9-10-17)11-14-6-4-3-5-13(14)7-8-15(18)19/h3-8,12,17H,9-11H2,1-2H3,(H,18,19)/b8-7+. The number of carboxylic acid groups (broad SMARTS) is 1. The van der Waals surface area contributed by atoms with Crippen molar-refractivity contribution in [1.29, 1.82) is 0 Å². The molecule has 0 aliphatic rings. The first kappa shape index (κ1) is 15.4. The van der Waals surface area contributed by atoms with Crippen molar-refractivity contribution < 1.29 is 15.0 Å². The van der Waals surface area contributed by atoms with Gasteiger partial charge in [-0.3, -0.25) is 4.90 Å². The summed E-state index contributed by atoms with van der Waals surface area (Å²) in [7, 11) is 0. The van der Waals surface area contributed by atoms with Crippen molar-refractivity contribution in [3.05, 3.63) is 41.5 Å². The van der Waals surface area contributed by atoms with Gasteiger partial charge in [-0.05, 0) is 31.1 Å². The minimum absolute atomic E-state index is 0.116. The average Bonchev–Trinajstić information content (AvgIpc) is 2.37. The van der Waals surface area contributed by atoms with Crippen molar-refractivity contribution >= 4 is 12.0 Å². The molecule has 1 aromatic rings. The Morgan fingerprint density at radius 2 is 2.05 bits per heavy atom. The lowest BCUT2D eigenvalue weighted by Gasteiger charge is -2.26. The summed E-state index contributed by atoms with van der Waals surface area (Å²) in [5.74, 6) is -0.953. The van der Waals surface area contributed by atoms with Crippen molar-refractivity contribution in [1.82, 2.24) is 4.90 Å². The Labute approximate surface area is 114 Å². The van der Waals surface area contributed by atoms with Crippen LogP contribution in [0.25, 0.3) is 6.08 Å². The molecule has 0 saturated heterocycles. The molecule has 0 aliphatic heterocycles. The number of hydrogen-bond donors (Lipinski definition) is 2. The zero-order valence-electron chi connectivity index (χ0n) is 11.4. The van der Waals surface area contributed by atoms with Gasteiger partial charge in [0.15, 0.2) is 0 Å². The molecule has 0 fully saturated rings. The quantitative estimate of drug-likeness (QED) is 0.739. The van der Waals surface area contributed by atoms with E-state index in [1.165, 1.54) is 0 Å². The van der Waals surface area contributed by atoms with Gasteiger partial charge in [-0.1, -0.05) is 24.3 Å². The molecule has 104 valence electrons. The van der Waals surface area contributed by atoms with Crippen molar-refractivity contribution in [2.45, 2.75) is 26.4 Å². The number of aliphatic hydroxyl groups excluding tert-OH is 1. The van der Waals surface area contributed by atoms with Crippen LogP contribution in [0.1, 0.15) is 25.0 Å². The van der Waals surface area contributed by atoms with E-state index in [-0.39, 0.29) is 6.61 Å². The number of nitrogens with zero attached hydrogens (tertiary/aromatic N) is 1. The minimum atomic E-state index is -0.953. The van der Waals surface area contributed by atoms with Gasteiger partial charge in [0, 0.05) is 25.2 Å². The Bertz CT molecular complexity index is 441. The van der Waals surface area contributed by atoms with Crippen molar-refractivity contribution in [3.8, 4) is 0 Å². The number of benzene rings is 1.